The minimum absolute atomic E-state index is 0.260. The average Bonchev–Trinajstić information content (AvgIpc) is 2.78. The molecule has 0 bridgehead atoms. The number of nitrogens with one attached hydrogen (secondary N) is 2. The number of hydrogen-bond acceptors (Lipinski definition) is 8. The molecule has 0 rings (SSSR count). The summed E-state index contributed by atoms with van der Waals surface area (Å²) < 4.78 is 21.6. The number of carbonyl (C=O) groups excluding carboxylic acids is 4. The van der Waals surface area contributed by atoms with E-state index in [1.165, 1.54) is 0 Å². The average molecular weight is 631 g/mol. The van der Waals surface area contributed by atoms with Crippen molar-refractivity contribution in [3.63, 3.8) is 0 Å². The Morgan fingerprint density at radius 3 is 0.977 bits per heavy atom. The monoisotopic (exact) mass is 630 g/mol. The van der Waals surface area contributed by atoms with Gasteiger partial charge in [-0.15, -0.1) is 0 Å². The molecule has 0 heterocycles. The highest BCUT2D eigenvalue weighted by atomic mass is 16.6. The molecule has 0 radical (unpaired) electrons. The van der Waals surface area contributed by atoms with E-state index < -0.39 is 46.8 Å². The van der Waals surface area contributed by atoms with E-state index >= 15 is 0 Å². The maximum atomic E-state index is 12.7. The van der Waals surface area contributed by atoms with Crippen molar-refractivity contribution in [2.45, 2.75) is 144 Å². The van der Waals surface area contributed by atoms with Gasteiger partial charge in [0.05, 0.1) is 0 Å². The second-order valence-electron chi connectivity index (χ2n) is 14.9. The summed E-state index contributed by atoms with van der Waals surface area (Å²) in [5.74, 6) is 0. The van der Waals surface area contributed by atoms with Crippen molar-refractivity contribution in [1.29, 1.82) is 0 Å². The number of unbranched alkanes of at least 4 members (excludes halogenated alkanes) is 5. The van der Waals surface area contributed by atoms with E-state index in [1.807, 2.05) is 41.5 Å². The van der Waals surface area contributed by atoms with Gasteiger partial charge in [0.1, 0.15) is 22.4 Å². The number of nitrogens with zero attached hydrogens (tertiary/aromatic N) is 2. The van der Waals surface area contributed by atoms with Crippen molar-refractivity contribution >= 4 is 24.4 Å². The fraction of sp³-hybridized carbons (Fsp3) is 0.875. The minimum atomic E-state index is -0.618. The third-order valence-corrected chi connectivity index (χ3v) is 5.51. The van der Waals surface area contributed by atoms with E-state index in [-0.39, 0.29) is 13.1 Å². The van der Waals surface area contributed by atoms with Crippen LogP contribution in [0.15, 0.2) is 0 Å². The lowest BCUT2D eigenvalue weighted by Crippen LogP contribution is -2.42. The van der Waals surface area contributed by atoms with Gasteiger partial charge in [0.2, 0.25) is 0 Å². The van der Waals surface area contributed by atoms with E-state index in [2.05, 4.69) is 10.6 Å². The first-order valence-corrected chi connectivity index (χ1v) is 15.9. The van der Waals surface area contributed by atoms with Crippen LogP contribution in [0.1, 0.15) is 122 Å². The van der Waals surface area contributed by atoms with E-state index in [4.69, 9.17) is 18.9 Å². The first-order chi connectivity index (χ1) is 20.0. The van der Waals surface area contributed by atoms with Gasteiger partial charge in [-0.2, -0.15) is 0 Å². The first kappa shape index (κ1) is 41.1. The molecule has 0 aliphatic rings. The molecule has 12 nitrogen and oxygen atoms in total. The highest BCUT2D eigenvalue weighted by Gasteiger charge is 2.24. The van der Waals surface area contributed by atoms with E-state index in [0.29, 0.717) is 26.2 Å². The highest BCUT2D eigenvalue weighted by Crippen LogP contribution is 2.14. The fourth-order valence-corrected chi connectivity index (χ4v) is 3.77. The maximum Gasteiger partial charge on any atom is 0.410 e. The summed E-state index contributed by atoms with van der Waals surface area (Å²) in [5, 5.41) is 5.39. The smallest absolute Gasteiger partial charge is 0.410 e. The Morgan fingerprint density at radius 1 is 0.432 bits per heavy atom. The molecule has 12 heteroatoms. The van der Waals surface area contributed by atoms with Crippen LogP contribution in [0.2, 0.25) is 0 Å². The number of hydrogen-bond donors (Lipinski definition) is 2. The zero-order valence-electron chi connectivity index (χ0n) is 29.6. The number of amides is 4. The molecule has 0 aliphatic heterocycles. The summed E-state index contributed by atoms with van der Waals surface area (Å²) in [7, 11) is 0. The van der Waals surface area contributed by atoms with Gasteiger partial charge in [0.25, 0.3) is 0 Å². The fourth-order valence-electron chi connectivity index (χ4n) is 3.77. The molecular formula is C32H62N4O8. The first-order valence-electron chi connectivity index (χ1n) is 15.9. The normalized spacial score (nSPS) is 12.2. The van der Waals surface area contributed by atoms with Crippen molar-refractivity contribution in [3.8, 4) is 0 Å². The number of alkyl carbamates (subject to hydrolysis) is 2. The van der Waals surface area contributed by atoms with Crippen LogP contribution in [0, 0.1) is 0 Å². The van der Waals surface area contributed by atoms with Crippen molar-refractivity contribution in [2.24, 2.45) is 0 Å². The van der Waals surface area contributed by atoms with Crippen molar-refractivity contribution in [3.05, 3.63) is 0 Å². The summed E-state index contributed by atoms with van der Waals surface area (Å²) in [4.78, 5) is 52.6. The lowest BCUT2D eigenvalue weighted by Gasteiger charge is -2.28. The molecule has 4 amide bonds. The Labute approximate surface area is 266 Å². The van der Waals surface area contributed by atoms with Gasteiger partial charge in [0, 0.05) is 39.3 Å². The van der Waals surface area contributed by atoms with Crippen LogP contribution in [-0.4, -0.2) is 95.8 Å². The Morgan fingerprint density at radius 2 is 0.705 bits per heavy atom. The number of rotatable bonds is 15. The van der Waals surface area contributed by atoms with Gasteiger partial charge in [-0.25, -0.2) is 19.2 Å². The predicted molar refractivity (Wildman–Crippen MR) is 172 cm³/mol. The van der Waals surface area contributed by atoms with Gasteiger partial charge in [-0.05, 0) is 95.9 Å². The molecule has 0 aromatic carbocycles. The van der Waals surface area contributed by atoms with Gasteiger partial charge < -0.3 is 39.4 Å². The second-order valence-corrected chi connectivity index (χ2v) is 14.9. The Hall–Kier alpha value is -2.92. The molecular weight excluding hydrogens is 568 g/mol. The summed E-state index contributed by atoms with van der Waals surface area (Å²) >= 11 is 0. The topological polar surface area (TPSA) is 136 Å². The second kappa shape index (κ2) is 18.8. The molecule has 44 heavy (non-hydrogen) atoms. The van der Waals surface area contributed by atoms with Crippen molar-refractivity contribution in [2.75, 3.05) is 39.3 Å². The number of carbonyl (C=O) groups is 4. The predicted octanol–water partition coefficient (Wildman–Crippen LogP) is 6.85. The van der Waals surface area contributed by atoms with Crippen molar-refractivity contribution in [1.82, 2.24) is 20.4 Å². The molecule has 2 N–H and O–H groups in total. The molecule has 0 atom stereocenters. The van der Waals surface area contributed by atoms with Crippen molar-refractivity contribution < 1.29 is 38.1 Å². The summed E-state index contributed by atoms with van der Waals surface area (Å²) in [6.45, 7) is 23.9. The third kappa shape index (κ3) is 24.5. The number of ether oxygens (including phenoxy) is 4. The summed E-state index contributed by atoms with van der Waals surface area (Å²) in [6, 6.07) is 0. The van der Waals surface area contributed by atoms with Crippen LogP contribution >= 0.6 is 0 Å². The molecule has 0 fully saturated rings. The van der Waals surface area contributed by atoms with E-state index in [0.717, 1.165) is 38.5 Å². The van der Waals surface area contributed by atoms with Crippen LogP contribution in [0.25, 0.3) is 0 Å². The zero-order valence-corrected chi connectivity index (χ0v) is 29.6. The Kier molecular flexibility index (Phi) is 17.5. The lowest BCUT2D eigenvalue weighted by molar-refractivity contribution is 0.0229. The van der Waals surface area contributed by atoms with Gasteiger partial charge in [0.15, 0.2) is 0 Å². The maximum absolute atomic E-state index is 12.7. The molecule has 0 unspecified atom stereocenters. The molecule has 0 saturated carbocycles. The van der Waals surface area contributed by atoms with Gasteiger partial charge >= 0.3 is 24.4 Å². The molecule has 0 aliphatic carbocycles. The highest BCUT2D eigenvalue weighted by molar-refractivity contribution is 5.70. The summed E-state index contributed by atoms with van der Waals surface area (Å²) in [6.07, 6.45) is 3.53. The lowest BCUT2D eigenvalue weighted by atomic mass is 10.1. The van der Waals surface area contributed by atoms with Crippen LogP contribution in [0.5, 0.6) is 0 Å². The molecule has 0 aromatic heterocycles. The molecule has 258 valence electrons. The largest absolute Gasteiger partial charge is 0.444 e. The molecule has 0 spiro atoms. The standard InChI is InChI=1S/C32H62N4O8/c1-29(2,3)41-25(37)33-19-23-35(27(39)43-31(7,8)9)21-17-15-13-14-16-18-22-36(28(40)44-32(10,11)12)24-20-34-26(38)42-30(4,5)6/h13-24H2,1-12H3,(H,33,37)(H,34,38). The Balaban J connectivity index is 4.67. The van der Waals surface area contributed by atoms with Crippen LogP contribution in [0.4, 0.5) is 19.2 Å². The minimum Gasteiger partial charge on any atom is -0.444 e. The van der Waals surface area contributed by atoms with Gasteiger partial charge in [-0.3, -0.25) is 0 Å². The van der Waals surface area contributed by atoms with Crippen LogP contribution in [0.3, 0.4) is 0 Å². The SMILES string of the molecule is CC(C)(C)OC(=O)NCCN(CCCCCCCCN(CCNC(=O)OC(C)(C)C)C(=O)OC(C)(C)C)C(=O)OC(C)(C)C. The zero-order chi connectivity index (χ0) is 34.2. The Bertz CT molecular complexity index is 811. The van der Waals surface area contributed by atoms with Gasteiger partial charge in [-0.1, -0.05) is 25.7 Å². The quantitative estimate of drug-likeness (QED) is 0.148. The van der Waals surface area contributed by atoms with E-state index in [9.17, 15) is 19.2 Å². The van der Waals surface area contributed by atoms with E-state index in [1.54, 1.807) is 51.3 Å². The van der Waals surface area contributed by atoms with Crippen LogP contribution < -0.4 is 10.6 Å². The van der Waals surface area contributed by atoms with Crippen LogP contribution in [-0.2, 0) is 18.9 Å². The molecule has 0 aromatic rings. The third-order valence-electron chi connectivity index (χ3n) is 5.51. The summed E-state index contributed by atoms with van der Waals surface area (Å²) in [5.41, 5.74) is -2.43. The molecule has 0 saturated heterocycles.